The Hall–Kier alpha value is -2.20. The maximum absolute atomic E-state index is 15.7. The molecule has 31 heavy (non-hydrogen) atoms. The number of ether oxygens (including phenoxy) is 3. The lowest BCUT2D eigenvalue weighted by molar-refractivity contribution is -0.159. The van der Waals surface area contributed by atoms with E-state index in [1.807, 2.05) is 13.8 Å². The van der Waals surface area contributed by atoms with Gasteiger partial charge in [0, 0.05) is 19.0 Å². The predicted molar refractivity (Wildman–Crippen MR) is 109 cm³/mol. The summed E-state index contributed by atoms with van der Waals surface area (Å²) in [6, 6.07) is 1.32. The van der Waals surface area contributed by atoms with E-state index in [0.29, 0.717) is 12.8 Å². The molecule has 0 spiro atoms. The van der Waals surface area contributed by atoms with Gasteiger partial charge in [-0.1, -0.05) is 26.7 Å². The van der Waals surface area contributed by atoms with Gasteiger partial charge in [0.1, 0.15) is 17.8 Å². The maximum Gasteiger partial charge on any atom is 0.351 e. The van der Waals surface area contributed by atoms with E-state index in [1.165, 1.54) is 12.3 Å². The Kier molecular flexibility index (Phi) is 6.90. The molecule has 2 N–H and O–H groups in total. The van der Waals surface area contributed by atoms with Crippen molar-refractivity contribution < 1.29 is 28.2 Å². The van der Waals surface area contributed by atoms with Gasteiger partial charge >= 0.3 is 17.6 Å². The molecule has 0 aromatic carbocycles. The number of halogens is 2. The second-order valence-electron chi connectivity index (χ2n) is 7.84. The van der Waals surface area contributed by atoms with Crippen molar-refractivity contribution in [1.82, 2.24) is 9.55 Å². The SMILES string of the molecule is CCCCC(=O)OC[C@@]12O[C@@H](n3ccc(N)nc3=O)[C@H](F)[C@@]1(OC(=O)CCCC)C2Cl. The summed E-state index contributed by atoms with van der Waals surface area (Å²) < 4.78 is 33.3. The molecule has 1 unspecified atom stereocenters. The molecule has 2 heterocycles. The van der Waals surface area contributed by atoms with Crippen molar-refractivity contribution in [1.29, 1.82) is 0 Å². The van der Waals surface area contributed by atoms with Crippen molar-refractivity contribution in [2.24, 2.45) is 0 Å². The van der Waals surface area contributed by atoms with Crippen molar-refractivity contribution in [2.75, 3.05) is 12.3 Å². The van der Waals surface area contributed by atoms with Crippen molar-refractivity contribution in [2.45, 2.75) is 81.4 Å². The summed E-state index contributed by atoms with van der Waals surface area (Å²) in [6.45, 7) is 3.43. The van der Waals surface area contributed by atoms with Crippen LogP contribution in [0.15, 0.2) is 17.1 Å². The van der Waals surface area contributed by atoms with Crippen molar-refractivity contribution in [3.63, 3.8) is 0 Å². The number of hydrogen-bond acceptors (Lipinski definition) is 8. The van der Waals surface area contributed by atoms with E-state index in [2.05, 4.69) is 4.98 Å². The van der Waals surface area contributed by atoms with E-state index in [4.69, 9.17) is 31.5 Å². The van der Waals surface area contributed by atoms with E-state index in [1.54, 1.807) is 0 Å². The average molecular weight is 460 g/mol. The highest BCUT2D eigenvalue weighted by Crippen LogP contribution is 2.68. The summed E-state index contributed by atoms with van der Waals surface area (Å²) in [4.78, 5) is 40.2. The molecule has 1 aliphatic heterocycles. The fraction of sp³-hybridized carbons (Fsp3) is 0.700. The lowest BCUT2D eigenvalue weighted by Crippen LogP contribution is -2.40. The third-order valence-electron chi connectivity index (χ3n) is 5.68. The van der Waals surface area contributed by atoms with Gasteiger partial charge in [-0.3, -0.25) is 14.2 Å². The number of carbonyl (C=O) groups excluding carboxylic acids is 2. The van der Waals surface area contributed by atoms with Gasteiger partial charge in [0.25, 0.3) is 0 Å². The number of nitrogen functional groups attached to an aromatic ring is 1. The zero-order valence-corrected chi connectivity index (χ0v) is 18.3. The number of rotatable bonds is 10. The number of anilines is 1. The second kappa shape index (κ2) is 9.12. The molecule has 1 aliphatic carbocycles. The second-order valence-corrected chi connectivity index (χ2v) is 8.28. The van der Waals surface area contributed by atoms with Crippen LogP contribution < -0.4 is 11.4 Å². The molecule has 2 aliphatic rings. The number of hydrogen-bond donors (Lipinski definition) is 1. The molecule has 1 aromatic rings. The molecule has 2 fully saturated rings. The molecule has 3 rings (SSSR count). The van der Waals surface area contributed by atoms with Crippen LogP contribution in [0.5, 0.6) is 0 Å². The topological polar surface area (TPSA) is 123 Å². The molecule has 5 atom stereocenters. The van der Waals surface area contributed by atoms with E-state index < -0.39 is 53.2 Å². The first kappa shape index (κ1) is 23.5. The van der Waals surface area contributed by atoms with Crippen LogP contribution in [-0.2, 0) is 23.8 Å². The van der Waals surface area contributed by atoms with E-state index in [0.717, 1.165) is 17.4 Å². The number of fused-ring (bicyclic) bond motifs is 1. The van der Waals surface area contributed by atoms with E-state index in [-0.39, 0.29) is 18.7 Å². The van der Waals surface area contributed by atoms with Crippen LogP contribution >= 0.6 is 11.6 Å². The minimum Gasteiger partial charge on any atom is -0.462 e. The normalized spacial score (nSPS) is 31.2. The van der Waals surface area contributed by atoms with Crippen LogP contribution in [0.4, 0.5) is 10.2 Å². The first-order valence-corrected chi connectivity index (χ1v) is 10.8. The highest BCUT2D eigenvalue weighted by Gasteiger charge is 2.91. The molecule has 9 nitrogen and oxygen atoms in total. The Balaban J connectivity index is 1.87. The zero-order valence-electron chi connectivity index (χ0n) is 17.5. The monoisotopic (exact) mass is 459 g/mol. The Bertz CT molecular complexity index is 898. The van der Waals surface area contributed by atoms with E-state index >= 15 is 4.39 Å². The number of nitrogens with two attached hydrogens (primary N) is 1. The molecular weight excluding hydrogens is 433 g/mol. The number of nitrogens with zero attached hydrogens (tertiary/aromatic N) is 2. The molecule has 11 heteroatoms. The van der Waals surface area contributed by atoms with Crippen LogP contribution in [0.3, 0.4) is 0 Å². The summed E-state index contributed by atoms with van der Waals surface area (Å²) in [5, 5.41) is -1.09. The number of alkyl halides is 2. The fourth-order valence-corrected chi connectivity index (χ4v) is 4.41. The first-order valence-electron chi connectivity index (χ1n) is 10.4. The quantitative estimate of drug-likeness (QED) is 0.417. The Morgan fingerprint density at radius 3 is 2.55 bits per heavy atom. The van der Waals surface area contributed by atoms with Gasteiger partial charge in [0.05, 0.1) is 0 Å². The van der Waals surface area contributed by atoms with Crippen LogP contribution in [0.1, 0.15) is 58.6 Å². The largest absolute Gasteiger partial charge is 0.462 e. The highest BCUT2D eigenvalue weighted by atomic mass is 35.5. The van der Waals surface area contributed by atoms with Gasteiger partial charge in [-0.2, -0.15) is 4.98 Å². The summed E-state index contributed by atoms with van der Waals surface area (Å²) in [5.74, 6) is -1.16. The minimum absolute atomic E-state index is 0.0321. The fourth-order valence-electron chi connectivity index (χ4n) is 3.84. The lowest BCUT2D eigenvalue weighted by atomic mass is 10.1. The average Bonchev–Trinajstić information content (AvgIpc) is 3.11. The summed E-state index contributed by atoms with van der Waals surface area (Å²) in [6.07, 6.45) is 0.790. The summed E-state index contributed by atoms with van der Waals surface area (Å²) in [5.41, 5.74) is 1.18. The smallest absolute Gasteiger partial charge is 0.351 e. The molecule has 172 valence electrons. The van der Waals surface area contributed by atoms with Crippen molar-refractivity contribution >= 4 is 29.4 Å². The van der Waals surface area contributed by atoms with Crippen LogP contribution in [0, 0.1) is 0 Å². The third-order valence-corrected chi connectivity index (χ3v) is 6.36. The standard InChI is InChI=1S/C20H27ClFN3O6/c1-3-5-7-13(26)29-11-19-17(21)20(19,30-14(27)8-6-4-2)15(22)16(31-19)25-10-9-12(23)24-18(25)28/h9-10,15-17H,3-8,11H2,1-2H3,(H2,23,24,28)/t15-,16+,17?,19-,20+/m0/s1. The molecule has 1 saturated heterocycles. The number of esters is 2. The summed E-state index contributed by atoms with van der Waals surface area (Å²) >= 11 is 6.39. The maximum atomic E-state index is 15.7. The zero-order chi connectivity index (χ0) is 22.8. The van der Waals surface area contributed by atoms with Crippen LogP contribution in [0.25, 0.3) is 0 Å². The number of aromatic nitrogens is 2. The van der Waals surface area contributed by atoms with Gasteiger partial charge in [0.15, 0.2) is 18.0 Å². The van der Waals surface area contributed by atoms with Gasteiger partial charge in [-0.05, 0) is 18.9 Å². The Morgan fingerprint density at radius 1 is 1.29 bits per heavy atom. The van der Waals surface area contributed by atoms with E-state index in [9.17, 15) is 14.4 Å². The van der Waals surface area contributed by atoms with Gasteiger partial charge in [-0.15, -0.1) is 11.6 Å². The summed E-state index contributed by atoms with van der Waals surface area (Å²) in [7, 11) is 0. The van der Waals surface area contributed by atoms with Gasteiger partial charge < -0.3 is 19.9 Å². The predicted octanol–water partition coefficient (Wildman–Crippen LogP) is 2.26. The third kappa shape index (κ3) is 4.03. The van der Waals surface area contributed by atoms with Crippen molar-refractivity contribution in [3.8, 4) is 0 Å². The molecule has 0 bridgehead atoms. The highest BCUT2D eigenvalue weighted by molar-refractivity contribution is 6.26. The number of unbranched alkanes of at least 4 members (excludes halogenated alkanes) is 2. The molecule has 0 radical (unpaired) electrons. The molecule has 0 amide bonds. The van der Waals surface area contributed by atoms with Gasteiger partial charge in [-0.25, -0.2) is 9.18 Å². The van der Waals surface area contributed by atoms with Crippen molar-refractivity contribution in [3.05, 3.63) is 22.7 Å². The molecule has 1 aromatic heterocycles. The number of carbonyl (C=O) groups is 2. The van der Waals surface area contributed by atoms with Crippen LogP contribution in [-0.4, -0.2) is 50.8 Å². The minimum atomic E-state index is -1.99. The molecular formula is C20H27ClFN3O6. The van der Waals surface area contributed by atoms with Gasteiger partial charge in [0.2, 0.25) is 5.60 Å². The Morgan fingerprint density at radius 2 is 1.94 bits per heavy atom. The Labute approximate surface area is 184 Å². The first-order chi connectivity index (χ1) is 14.7. The van der Waals surface area contributed by atoms with Crippen LogP contribution in [0.2, 0.25) is 0 Å². The lowest BCUT2D eigenvalue weighted by Gasteiger charge is -2.23. The molecule has 1 saturated carbocycles.